The standard InChI is InChI=1S/C17H23N5O3S/c1-12-10-21(11-13(2)25-12)15-6-5-14(8-18-15)20-26(23,24)17-9-19-16-4-3-7-22(16)17/h5-6,8-9,12-13,20H,3-4,7,10-11H2,1-2H3. The van der Waals surface area contributed by atoms with E-state index in [0.29, 0.717) is 12.2 Å². The third kappa shape index (κ3) is 3.28. The van der Waals surface area contributed by atoms with Crippen molar-refractivity contribution in [3.05, 3.63) is 30.4 Å². The molecule has 1 N–H and O–H groups in total. The van der Waals surface area contributed by atoms with Crippen LogP contribution in [0.15, 0.2) is 29.6 Å². The summed E-state index contributed by atoms with van der Waals surface area (Å²) in [7, 11) is -3.67. The third-order valence-corrected chi connectivity index (χ3v) is 6.08. The van der Waals surface area contributed by atoms with E-state index >= 15 is 0 Å². The van der Waals surface area contributed by atoms with Crippen LogP contribution in [0, 0.1) is 0 Å². The number of nitrogens with one attached hydrogen (secondary N) is 1. The zero-order valence-electron chi connectivity index (χ0n) is 14.9. The first-order valence-electron chi connectivity index (χ1n) is 8.86. The largest absolute Gasteiger partial charge is 0.372 e. The molecular weight excluding hydrogens is 354 g/mol. The highest BCUT2D eigenvalue weighted by atomic mass is 32.2. The van der Waals surface area contributed by atoms with Gasteiger partial charge in [0.05, 0.1) is 30.3 Å². The van der Waals surface area contributed by atoms with Crippen LogP contribution in [-0.2, 0) is 27.7 Å². The Hall–Kier alpha value is -2.13. The average Bonchev–Trinajstić information content (AvgIpc) is 3.17. The maximum atomic E-state index is 12.7. The van der Waals surface area contributed by atoms with Crippen LogP contribution < -0.4 is 9.62 Å². The third-order valence-electron chi connectivity index (χ3n) is 4.70. The van der Waals surface area contributed by atoms with Crippen molar-refractivity contribution < 1.29 is 13.2 Å². The van der Waals surface area contributed by atoms with Crippen molar-refractivity contribution in [2.45, 2.75) is 50.5 Å². The number of aryl methyl sites for hydroxylation is 1. The Labute approximate surface area is 153 Å². The van der Waals surface area contributed by atoms with Gasteiger partial charge in [0.1, 0.15) is 11.6 Å². The SMILES string of the molecule is CC1CN(c2ccc(NS(=O)(=O)c3cnc4n3CCC4)cn2)CC(C)O1. The minimum absolute atomic E-state index is 0.141. The van der Waals surface area contributed by atoms with Gasteiger partial charge in [-0.15, -0.1) is 0 Å². The molecule has 0 bridgehead atoms. The minimum Gasteiger partial charge on any atom is -0.372 e. The topological polar surface area (TPSA) is 89.4 Å². The molecule has 26 heavy (non-hydrogen) atoms. The van der Waals surface area contributed by atoms with Gasteiger partial charge in [0, 0.05) is 26.1 Å². The van der Waals surface area contributed by atoms with Crippen LogP contribution >= 0.6 is 0 Å². The number of aromatic nitrogens is 3. The molecule has 140 valence electrons. The van der Waals surface area contributed by atoms with E-state index < -0.39 is 10.0 Å². The number of hydrogen-bond donors (Lipinski definition) is 1. The summed E-state index contributed by atoms with van der Waals surface area (Å²) in [5, 5.41) is 0.213. The molecule has 2 aliphatic rings. The highest BCUT2D eigenvalue weighted by Crippen LogP contribution is 2.24. The molecule has 2 atom stereocenters. The summed E-state index contributed by atoms with van der Waals surface area (Å²) in [4.78, 5) is 10.8. The molecule has 4 rings (SSSR count). The van der Waals surface area contributed by atoms with E-state index in [1.54, 1.807) is 16.8 Å². The molecule has 2 aliphatic heterocycles. The van der Waals surface area contributed by atoms with Gasteiger partial charge in [0.2, 0.25) is 0 Å². The number of ether oxygens (including phenoxy) is 1. The zero-order valence-corrected chi connectivity index (χ0v) is 15.7. The van der Waals surface area contributed by atoms with Crippen LogP contribution in [0.2, 0.25) is 0 Å². The van der Waals surface area contributed by atoms with Crippen molar-refractivity contribution >= 4 is 21.5 Å². The predicted molar refractivity (Wildman–Crippen MR) is 97.8 cm³/mol. The van der Waals surface area contributed by atoms with Gasteiger partial charge < -0.3 is 14.2 Å². The van der Waals surface area contributed by atoms with E-state index in [4.69, 9.17) is 4.74 Å². The van der Waals surface area contributed by atoms with Crippen LogP contribution in [0.4, 0.5) is 11.5 Å². The first kappa shape index (κ1) is 17.3. The molecule has 8 nitrogen and oxygen atoms in total. The van der Waals surface area contributed by atoms with Gasteiger partial charge >= 0.3 is 0 Å². The summed E-state index contributed by atoms with van der Waals surface area (Å²) >= 11 is 0. The van der Waals surface area contributed by atoms with Crippen LogP contribution in [0.3, 0.4) is 0 Å². The molecule has 0 spiro atoms. The first-order chi connectivity index (χ1) is 12.4. The summed E-state index contributed by atoms with van der Waals surface area (Å²) in [5.41, 5.74) is 0.441. The number of morpholine rings is 1. The quantitative estimate of drug-likeness (QED) is 0.871. The molecule has 0 saturated carbocycles. The fourth-order valence-electron chi connectivity index (χ4n) is 3.65. The van der Waals surface area contributed by atoms with E-state index in [1.165, 1.54) is 6.20 Å². The summed E-state index contributed by atoms with van der Waals surface area (Å²) < 4.78 is 35.4. The summed E-state index contributed by atoms with van der Waals surface area (Å²) in [6.07, 6.45) is 5.01. The van der Waals surface area contributed by atoms with Crippen molar-refractivity contribution in [2.75, 3.05) is 22.7 Å². The molecule has 0 aliphatic carbocycles. The number of sulfonamides is 1. The second-order valence-electron chi connectivity index (χ2n) is 6.94. The Kier molecular flexibility index (Phi) is 4.36. The monoisotopic (exact) mass is 377 g/mol. The van der Waals surface area contributed by atoms with Crippen molar-refractivity contribution in [1.82, 2.24) is 14.5 Å². The normalized spacial score (nSPS) is 23.1. The number of fused-ring (bicyclic) bond motifs is 1. The van der Waals surface area contributed by atoms with Gasteiger partial charge in [-0.1, -0.05) is 0 Å². The van der Waals surface area contributed by atoms with Crippen LogP contribution in [0.5, 0.6) is 0 Å². The lowest BCUT2D eigenvalue weighted by Gasteiger charge is -2.36. The molecule has 2 unspecified atom stereocenters. The predicted octanol–water partition coefficient (Wildman–Crippen LogP) is 1.64. The van der Waals surface area contributed by atoms with Gasteiger partial charge in [-0.2, -0.15) is 8.42 Å². The molecule has 2 aromatic heterocycles. The fraction of sp³-hybridized carbons (Fsp3) is 0.529. The van der Waals surface area contributed by atoms with Gasteiger partial charge in [0.15, 0.2) is 5.03 Å². The number of hydrogen-bond acceptors (Lipinski definition) is 6. The summed E-state index contributed by atoms with van der Waals surface area (Å²) in [6.45, 7) is 6.30. The Balaban J connectivity index is 1.50. The van der Waals surface area contributed by atoms with Crippen molar-refractivity contribution in [2.24, 2.45) is 0 Å². The maximum Gasteiger partial charge on any atom is 0.279 e. The van der Waals surface area contributed by atoms with Gasteiger partial charge in [-0.3, -0.25) is 4.72 Å². The van der Waals surface area contributed by atoms with Crippen molar-refractivity contribution in [1.29, 1.82) is 0 Å². The highest BCUT2D eigenvalue weighted by Gasteiger charge is 2.26. The van der Waals surface area contributed by atoms with Crippen molar-refractivity contribution in [3.63, 3.8) is 0 Å². The van der Waals surface area contributed by atoms with Crippen LogP contribution in [0.1, 0.15) is 26.1 Å². The molecule has 0 radical (unpaired) electrons. The molecule has 4 heterocycles. The molecular formula is C17H23N5O3S. The number of anilines is 2. The molecule has 2 aromatic rings. The minimum atomic E-state index is -3.67. The second-order valence-corrected chi connectivity index (χ2v) is 8.57. The number of nitrogens with zero attached hydrogens (tertiary/aromatic N) is 4. The van der Waals surface area contributed by atoms with E-state index in [-0.39, 0.29) is 17.2 Å². The second kappa shape index (κ2) is 6.55. The number of imidazole rings is 1. The Morgan fingerprint density at radius 2 is 1.92 bits per heavy atom. The molecule has 0 aromatic carbocycles. The highest BCUT2D eigenvalue weighted by molar-refractivity contribution is 7.92. The summed E-state index contributed by atoms with van der Waals surface area (Å²) in [5.74, 6) is 1.65. The van der Waals surface area contributed by atoms with Crippen LogP contribution in [0.25, 0.3) is 0 Å². The lowest BCUT2D eigenvalue weighted by Crippen LogP contribution is -2.45. The van der Waals surface area contributed by atoms with E-state index in [1.807, 2.05) is 19.9 Å². The van der Waals surface area contributed by atoms with Gasteiger partial charge in [0.25, 0.3) is 10.0 Å². The Morgan fingerprint density at radius 1 is 1.15 bits per heavy atom. The Bertz CT molecular complexity index is 884. The molecule has 1 saturated heterocycles. The number of pyridine rings is 1. The summed E-state index contributed by atoms with van der Waals surface area (Å²) in [6, 6.07) is 3.58. The fourth-order valence-corrected chi connectivity index (χ4v) is 4.86. The smallest absolute Gasteiger partial charge is 0.279 e. The van der Waals surface area contributed by atoms with Gasteiger partial charge in [-0.05, 0) is 32.4 Å². The van der Waals surface area contributed by atoms with Crippen molar-refractivity contribution in [3.8, 4) is 0 Å². The van der Waals surface area contributed by atoms with Gasteiger partial charge in [-0.25, -0.2) is 9.97 Å². The average molecular weight is 377 g/mol. The lowest BCUT2D eigenvalue weighted by molar-refractivity contribution is -0.00545. The molecule has 9 heteroatoms. The zero-order chi connectivity index (χ0) is 18.3. The van der Waals surface area contributed by atoms with E-state index in [2.05, 4.69) is 19.6 Å². The molecule has 1 fully saturated rings. The molecule has 0 amide bonds. The van der Waals surface area contributed by atoms with Crippen LogP contribution in [-0.4, -0.2) is 48.3 Å². The van der Waals surface area contributed by atoms with E-state index in [0.717, 1.165) is 37.6 Å². The lowest BCUT2D eigenvalue weighted by atomic mass is 10.2. The van der Waals surface area contributed by atoms with E-state index in [9.17, 15) is 8.42 Å². The maximum absolute atomic E-state index is 12.7. The number of rotatable bonds is 4. The first-order valence-corrected chi connectivity index (χ1v) is 10.3. The Morgan fingerprint density at radius 3 is 2.62 bits per heavy atom.